The summed E-state index contributed by atoms with van der Waals surface area (Å²) in [5, 5.41) is 9.02. The average Bonchev–Trinajstić information content (AvgIpc) is 2.91. The van der Waals surface area contributed by atoms with Crippen LogP contribution in [0.25, 0.3) is 22.2 Å². The topological polar surface area (TPSA) is 115 Å². The second-order valence-electron chi connectivity index (χ2n) is 5.04. The molecule has 0 amide bonds. The van der Waals surface area contributed by atoms with Crippen LogP contribution in [-0.4, -0.2) is 23.5 Å². The molecule has 0 bridgehead atoms. The fourth-order valence-corrected chi connectivity index (χ4v) is 3.69. The summed E-state index contributed by atoms with van der Waals surface area (Å²) in [5.74, 6) is 0.738. The van der Waals surface area contributed by atoms with E-state index in [2.05, 4.69) is 37.7 Å². The molecule has 0 aliphatic carbocycles. The standard InChI is InChI=1S/C13H13IN4O3S/c1-6-12(7(2)21-18-6)8-3-9(14)13-10(4-8)16-11(17-13)5-22(15,19)20/h3-4H,5H2,1-2H3,(H,16,17)(H2,15,19,20). The van der Waals surface area contributed by atoms with Crippen molar-refractivity contribution in [2.75, 3.05) is 0 Å². The highest BCUT2D eigenvalue weighted by Crippen LogP contribution is 2.31. The highest BCUT2D eigenvalue weighted by atomic mass is 127. The highest BCUT2D eigenvalue weighted by Gasteiger charge is 2.16. The van der Waals surface area contributed by atoms with Crippen LogP contribution >= 0.6 is 22.6 Å². The maximum Gasteiger partial charge on any atom is 0.216 e. The van der Waals surface area contributed by atoms with Gasteiger partial charge < -0.3 is 9.51 Å². The molecule has 0 saturated heterocycles. The smallest absolute Gasteiger partial charge is 0.216 e. The first-order valence-electron chi connectivity index (χ1n) is 6.36. The number of hydrogen-bond acceptors (Lipinski definition) is 5. The molecule has 0 atom stereocenters. The van der Waals surface area contributed by atoms with Gasteiger partial charge in [0.2, 0.25) is 10.0 Å². The molecule has 0 unspecified atom stereocenters. The molecule has 0 saturated carbocycles. The fourth-order valence-electron chi connectivity index (χ4n) is 2.42. The maximum atomic E-state index is 11.2. The van der Waals surface area contributed by atoms with Crippen molar-refractivity contribution in [1.29, 1.82) is 0 Å². The molecule has 1 aromatic carbocycles. The summed E-state index contributed by atoms with van der Waals surface area (Å²) >= 11 is 2.17. The van der Waals surface area contributed by atoms with Gasteiger partial charge in [-0.3, -0.25) is 0 Å². The average molecular weight is 432 g/mol. The largest absolute Gasteiger partial charge is 0.361 e. The lowest BCUT2D eigenvalue weighted by Crippen LogP contribution is -2.15. The Labute approximate surface area is 140 Å². The number of fused-ring (bicyclic) bond motifs is 1. The highest BCUT2D eigenvalue weighted by molar-refractivity contribution is 14.1. The Morgan fingerprint density at radius 1 is 1.36 bits per heavy atom. The van der Waals surface area contributed by atoms with E-state index in [-0.39, 0.29) is 5.75 Å². The van der Waals surface area contributed by atoms with Gasteiger partial charge in [-0.05, 0) is 54.1 Å². The molecule has 7 nitrogen and oxygen atoms in total. The Morgan fingerprint density at radius 3 is 2.68 bits per heavy atom. The number of rotatable bonds is 3. The molecule has 2 heterocycles. The van der Waals surface area contributed by atoms with Crippen molar-refractivity contribution in [2.45, 2.75) is 19.6 Å². The van der Waals surface area contributed by atoms with Crippen LogP contribution in [0.4, 0.5) is 0 Å². The number of imidazole rings is 1. The number of aryl methyl sites for hydroxylation is 2. The van der Waals surface area contributed by atoms with Crippen molar-refractivity contribution in [3.8, 4) is 11.1 Å². The van der Waals surface area contributed by atoms with Crippen LogP contribution < -0.4 is 5.14 Å². The molecule has 0 radical (unpaired) electrons. The van der Waals surface area contributed by atoms with E-state index >= 15 is 0 Å². The maximum absolute atomic E-state index is 11.2. The zero-order valence-corrected chi connectivity index (χ0v) is 14.8. The van der Waals surface area contributed by atoms with E-state index in [0.29, 0.717) is 5.82 Å². The van der Waals surface area contributed by atoms with E-state index in [1.165, 1.54) is 0 Å². The van der Waals surface area contributed by atoms with E-state index in [4.69, 9.17) is 9.66 Å². The van der Waals surface area contributed by atoms with Crippen molar-refractivity contribution >= 4 is 43.6 Å². The number of aromatic amines is 1. The van der Waals surface area contributed by atoms with Gasteiger partial charge in [0.15, 0.2) is 0 Å². The Bertz CT molecular complexity index is 955. The predicted octanol–water partition coefficient (Wildman–Crippen LogP) is 2.23. The number of aromatic nitrogens is 3. The third-order valence-corrected chi connectivity index (χ3v) is 4.75. The third kappa shape index (κ3) is 2.88. The van der Waals surface area contributed by atoms with Crippen LogP contribution in [0.5, 0.6) is 0 Å². The SMILES string of the molecule is Cc1noc(C)c1-c1cc(I)c2nc(CS(N)(=O)=O)[nH]c2c1. The monoisotopic (exact) mass is 432 g/mol. The number of benzene rings is 1. The Kier molecular flexibility index (Phi) is 3.73. The number of nitrogens with one attached hydrogen (secondary N) is 1. The molecule has 3 N–H and O–H groups in total. The molecule has 9 heteroatoms. The Balaban J connectivity index is 2.16. The lowest BCUT2D eigenvalue weighted by atomic mass is 10.0. The summed E-state index contributed by atoms with van der Waals surface area (Å²) in [4.78, 5) is 7.31. The number of halogens is 1. The van der Waals surface area contributed by atoms with Crippen molar-refractivity contribution in [1.82, 2.24) is 15.1 Å². The molecule has 3 rings (SSSR count). The van der Waals surface area contributed by atoms with E-state index in [1.54, 1.807) is 0 Å². The number of nitrogens with zero attached hydrogens (tertiary/aromatic N) is 2. The van der Waals surface area contributed by atoms with Gasteiger partial charge in [0.1, 0.15) is 22.9 Å². The molecule has 116 valence electrons. The summed E-state index contributed by atoms with van der Waals surface area (Å²) in [6.45, 7) is 3.73. The Morgan fingerprint density at radius 2 is 2.09 bits per heavy atom. The van der Waals surface area contributed by atoms with Crippen LogP contribution in [0.3, 0.4) is 0 Å². The first-order valence-corrected chi connectivity index (χ1v) is 9.16. The molecule has 0 fully saturated rings. The zero-order chi connectivity index (χ0) is 16.1. The number of primary sulfonamides is 1. The summed E-state index contributed by atoms with van der Waals surface area (Å²) < 4.78 is 28.5. The van der Waals surface area contributed by atoms with Gasteiger partial charge in [0.25, 0.3) is 0 Å². The van der Waals surface area contributed by atoms with Crippen molar-refractivity contribution in [2.24, 2.45) is 5.14 Å². The lowest BCUT2D eigenvalue weighted by Gasteiger charge is -2.02. The van der Waals surface area contributed by atoms with Crippen molar-refractivity contribution in [3.05, 3.63) is 33.0 Å². The van der Waals surface area contributed by atoms with Crippen LogP contribution in [0.1, 0.15) is 17.3 Å². The van der Waals surface area contributed by atoms with Gasteiger partial charge in [0, 0.05) is 9.13 Å². The summed E-state index contributed by atoms with van der Waals surface area (Å²) in [6, 6.07) is 3.88. The van der Waals surface area contributed by atoms with Gasteiger partial charge in [-0.25, -0.2) is 18.5 Å². The molecule has 0 aliphatic heterocycles. The second kappa shape index (κ2) is 5.32. The summed E-state index contributed by atoms with van der Waals surface area (Å²) in [5.41, 5.74) is 4.15. The molecule has 22 heavy (non-hydrogen) atoms. The van der Waals surface area contributed by atoms with E-state index in [9.17, 15) is 8.42 Å². The fraction of sp³-hybridized carbons (Fsp3) is 0.231. The van der Waals surface area contributed by atoms with Crippen molar-refractivity contribution < 1.29 is 12.9 Å². The van der Waals surface area contributed by atoms with Crippen LogP contribution in [0.15, 0.2) is 16.7 Å². The predicted molar refractivity (Wildman–Crippen MR) is 90.6 cm³/mol. The molecule has 0 spiro atoms. The minimum Gasteiger partial charge on any atom is -0.361 e. The number of nitrogens with two attached hydrogens (primary N) is 1. The van der Waals surface area contributed by atoms with Gasteiger partial charge in [0.05, 0.1) is 11.2 Å². The van der Waals surface area contributed by atoms with Gasteiger partial charge in [-0.15, -0.1) is 0 Å². The first kappa shape index (κ1) is 15.4. The third-order valence-electron chi connectivity index (χ3n) is 3.25. The zero-order valence-electron chi connectivity index (χ0n) is 11.8. The summed E-state index contributed by atoms with van der Waals surface area (Å²) in [6.07, 6.45) is 0. The van der Waals surface area contributed by atoms with Crippen LogP contribution in [0.2, 0.25) is 0 Å². The van der Waals surface area contributed by atoms with Crippen LogP contribution in [0, 0.1) is 17.4 Å². The van der Waals surface area contributed by atoms with E-state index < -0.39 is 10.0 Å². The van der Waals surface area contributed by atoms with Gasteiger partial charge in [-0.1, -0.05) is 5.16 Å². The van der Waals surface area contributed by atoms with Gasteiger partial charge >= 0.3 is 0 Å². The van der Waals surface area contributed by atoms with Crippen LogP contribution in [-0.2, 0) is 15.8 Å². The minimum atomic E-state index is -3.63. The van der Waals surface area contributed by atoms with Gasteiger partial charge in [-0.2, -0.15) is 0 Å². The number of H-pyrrole nitrogens is 1. The normalized spacial score (nSPS) is 12.2. The first-order chi connectivity index (χ1) is 10.2. The van der Waals surface area contributed by atoms with E-state index in [0.717, 1.165) is 37.2 Å². The second-order valence-corrected chi connectivity index (χ2v) is 7.82. The molecular formula is C13H13IN4O3S. The number of sulfonamides is 1. The minimum absolute atomic E-state index is 0.321. The van der Waals surface area contributed by atoms with Crippen molar-refractivity contribution in [3.63, 3.8) is 0 Å². The quantitative estimate of drug-likeness (QED) is 0.616. The Hall–Kier alpha value is -1.46. The summed E-state index contributed by atoms with van der Waals surface area (Å²) in [7, 11) is -3.63. The molecule has 0 aliphatic rings. The number of hydrogen-bond donors (Lipinski definition) is 2. The molecule has 2 aromatic heterocycles. The van der Waals surface area contributed by atoms with E-state index in [1.807, 2.05) is 26.0 Å². The molecule has 3 aromatic rings. The lowest BCUT2D eigenvalue weighted by molar-refractivity contribution is 0.393. The molecular weight excluding hydrogens is 419 g/mol.